The Bertz CT molecular complexity index is 268. The smallest absolute Gasteiger partial charge is 0.119 e. The molecule has 0 N–H and O–H groups in total. The van der Waals surface area contributed by atoms with Crippen LogP contribution in [0.1, 0.15) is 25.8 Å². The quantitative estimate of drug-likeness (QED) is 0.709. The van der Waals surface area contributed by atoms with Crippen molar-refractivity contribution in [1.82, 2.24) is 0 Å². The van der Waals surface area contributed by atoms with Gasteiger partial charge in [0, 0.05) is 5.33 Å². The van der Waals surface area contributed by atoms with E-state index in [-0.39, 0.29) is 0 Å². The Morgan fingerprint density at radius 2 is 1.93 bits per heavy atom. The summed E-state index contributed by atoms with van der Waals surface area (Å²) < 4.78 is 5.53. The Morgan fingerprint density at radius 3 is 2.47 bits per heavy atom. The first kappa shape index (κ1) is 12.6. The third-order valence-electron chi connectivity index (χ3n) is 2.24. The molecule has 1 atom stereocenters. The van der Waals surface area contributed by atoms with Crippen molar-refractivity contribution in [2.24, 2.45) is 5.92 Å². The Hall–Kier alpha value is -0.500. The molecule has 1 aromatic carbocycles. The van der Waals surface area contributed by atoms with Crippen LogP contribution in [0.25, 0.3) is 0 Å². The fraction of sp³-hybridized carbons (Fsp3) is 0.538. The van der Waals surface area contributed by atoms with Crippen molar-refractivity contribution in [3.05, 3.63) is 29.8 Å². The maximum atomic E-state index is 5.53. The second kappa shape index (κ2) is 6.89. The SMILES string of the molecule is CCCOc1ccc(CC(C)CBr)cc1. The Balaban J connectivity index is 2.48. The van der Waals surface area contributed by atoms with Gasteiger partial charge in [0.2, 0.25) is 0 Å². The molecule has 15 heavy (non-hydrogen) atoms. The zero-order valence-electron chi connectivity index (χ0n) is 9.50. The summed E-state index contributed by atoms with van der Waals surface area (Å²) in [6.07, 6.45) is 2.18. The molecule has 1 unspecified atom stereocenters. The second-order valence-corrected chi connectivity index (χ2v) is 4.60. The molecule has 0 spiro atoms. The highest BCUT2D eigenvalue weighted by Crippen LogP contribution is 2.16. The lowest BCUT2D eigenvalue weighted by Gasteiger charge is -2.09. The fourth-order valence-electron chi connectivity index (χ4n) is 1.40. The van der Waals surface area contributed by atoms with E-state index in [1.165, 1.54) is 5.56 Å². The van der Waals surface area contributed by atoms with Crippen LogP contribution in [-0.4, -0.2) is 11.9 Å². The van der Waals surface area contributed by atoms with Crippen LogP contribution in [0.15, 0.2) is 24.3 Å². The van der Waals surface area contributed by atoms with Crippen molar-refractivity contribution in [2.75, 3.05) is 11.9 Å². The molecule has 0 saturated heterocycles. The summed E-state index contributed by atoms with van der Waals surface area (Å²) in [6.45, 7) is 5.17. The molecule has 0 saturated carbocycles. The molecule has 84 valence electrons. The van der Waals surface area contributed by atoms with Crippen LogP contribution in [-0.2, 0) is 6.42 Å². The summed E-state index contributed by atoms with van der Waals surface area (Å²) >= 11 is 3.50. The van der Waals surface area contributed by atoms with Crippen molar-refractivity contribution in [3.63, 3.8) is 0 Å². The molecule has 0 aliphatic rings. The van der Waals surface area contributed by atoms with Crippen molar-refractivity contribution in [1.29, 1.82) is 0 Å². The van der Waals surface area contributed by atoms with Gasteiger partial charge in [0.05, 0.1) is 6.61 Å². The molecule has 0 aliphatic carbocycles. The van der Waals surface area contributed by atoms with Crippen LogP contribution >= 0.6 is 15.9 Å². The van der Waals surface area contributed by atoms with Gasteiger partial charge in [-0.25, -0.2) is 0 Å². The zero-order valence-corrected chi connectivity index (χ0v) is 11.1. The van der Waals surface area contributed by atoms with E-state index in [9.17, 15) is 0 Å². The maximum absolute atomic E-state index is 5.53. The van der Waals surface area contributed by atoms with Gasteiger partial charge >= 0.3 is 0 Å². The number of benzene rings is 1. The number of hydrogen-bond acceptors (Lipinski definition) is 1. The van der Waals surface area contributed by atoms with E-state index in [1.54, 1.807) is 0 Å². The van der Waals surface area contributed by atoms with E-state index in [2.05, 4.69) is 54.0 Å². The van der Waals surface area contributed by atoms with E-state index < -0.39 is 0 Å². The lowest BCUT2D eigenvalue weighted by atomic mass is 10.0. The number of halogens is 1. The Labute approximate surface area is 101 Å². The zero-order chi connectivity index (χ0) is 11.1. The van der Waals surface area contributed by atoms with Gasteiger partial charge in [0.1, 0.15) is 5.75 Å². The van der Waals surface area contributed by atoms with E-state index in [0.29, 0.717) is 5.92 Å². The molecule has 0 amide bonds. The molecule has 1 aromatic rings. The van der Waals surface area contributed by atoms with E-state index in [1.807, 2.05) is 0 Å². The van der Waals surface area contributed by atoms with Gasteiger partial charge in [-0.15, -0.1) is 0 Å². The van der Waals surface area contributed by atoms with Crippen molar-refractivity contribution >= 4 is 15.9 Å². The van der Waals surface area contributed by atoms with Crippen LogP contribution in [0.3, 0.4) is 0 Å². The van der Waals surface area contributed by atoms with Gasteiger partial charge in [0.15, 0.2) is 0 Å². The monoisotopic (exact) mass is 270 g/mol. The maximum Gasteiger partial charge on any atom is 0.119 e. The van der Waals surface area contributed by atoms with Crippen molar-refractivity contribution in [2.45, 2.75) is 26.7 Å². The van der Waals surface area contributed by atoms with Crippen molar-refractivity contribution in [3.8, 4) is 5.75 Å². The summed E-state index contributed by atoms with van der Waals surface area (Å²) in [6, 6.07) is 8.44. The molecule has 1 nitrogen and oxygen atoms in total. The second-order valence-electron chi connectivity index (χ2n) is 3.96. The third-order valence-corrected chi connectivity index (χ3v) is 3.35. The molecular weight excluding hydrogens is 252 g/mol. The summed E-state index contributed by atoms with van der Waals surface area (Å²) in [5.74, 6) is 1.67. The Morgan fingerprint density at radius 1 is 1.27 bits per heavy atom. The topological polar surface area (TPSA) is 9.23 Å². The van der Waals surface area contributed by atoms with Crippen LogP contribution in [0.5, 0.6) is 5.75 Å². The first-order valence-electron chi connectivity index (χ1n) is 5.54. The summed E-state index contributed by atoms with van der Waals surface area (Å²) in [7, 11) is 0. The summed E-state index contributed by atoms with van der Waals surface area (Å²) in [5.41, 5.74) is 1.38. The molecule has 0 radical (unpaired) electrons. The number of alkyl halides is 1. The summed E-state index contributed by atoms with van der Waals surface area (Å²) in [4.78, 5) is 0. The normalized spacial score (nSPS) is 12.5. The van der Waals surface area contributed by atoms with E-state index in [4.69, 9.17) is 4.74 Å². The molecule has 0 aromatic heterocycles. The number of rotatable bonds is 6. The number of hydrogen-bond donors (Lipinski definition) is 0. The lowest BCUT2D eigenvalue weighted by molar-refractivity contribution is 0.317. The first-order chi connectivity index (χ1) is 7.26. The molecule has 0 heterocycles. The molecular formula is C13H19BrO. The molecule has 0 aliphatic heterocycles. The van der Waals surface area contributed by atoms with E-state index >= 15 is 0 Å². The average molecular weight is 271 g/mol. The molecule has 1 rings (SSSR count). The predicted molar refractivity (Wildman–Crippen MR) is 68.9 cm³/mol. The highest BCUT2D eigenvalue weighted by atomic mass is 79.9. The predicted octanol–water partition coefficient (Wildman–Crippen LogP) is 4.05. The van der Waals surface area contributed by atoms with Crippen LogP contribution < -0.4 is 4.74 Å². The highest BCUT2D eigenvalue weighted by Gasteiger charge is 2.01. The van der Waals surface area contributed by atoms with E-state index in [0.717, 1.165) is 30.5 Å². The lowest BCUT2D eigenvalue weighted by Crippen LogP contribution is -2.00. The molecule has 2 heteroatoms. The fourth-order valence-corrected chi connectivity index (χ4v) is 1.63. The Kier molecular flexibility index (Phi) is 5.77. The van der Waals surface area contributed by atoms with Gasteiger partial charge in [0.25, 0.3) is 0 Å². The first-order valence-corrected chi connectivity index (χ1v) is 6.66. The van der Waals surface area contributed by atoms with Crippen LogP contribution in [0, 0.1) is 5.92 Å². The van der Waals surface area contributed by atoms with Crippen molar-refractivity contribution < 1.29 is 4.74 Å². The van der Waals surface area contributed by atoms with Gasteiger partial charge in [-0.3, -0.25) is 0 Å². The minimum Gasteiger partial charge on any atom is -0.494 e. The van der Waals surface area contributed by atoms with Gasteiger partial charge < -0.3 is 4.74 Å². The van der Waals surface area contributed by atoms with Gasteiger partial charge in [-0.1, -0.05) is 41.9 Å². The molecule has 0 bridgehead atoms. The standard InChI is InChI=1S/C13H19BrO/c1-3-8-15-13-6-4-12(5-7-13)9-11(2)10-14/h4-7,11H,3,8-10H2,1-2H3. The van der Waals surface area contributed by atoms with Crippen LogP contribution in [0.4, 0.5) is 0 Å². The average Bonchev–Trinajstić information content (AvgIpc) is 2.28. The minimum atomic E-state index is 0.687. The summed E-state index contributed by atoms with van der Waals surface area (Å²) in [5, 5.41) is 1.06. The van der Waals surface area contributed by atoms with Gasteiger partial charge in [-0.2, -0.15) is 0 Å². The van der Waals surface area contributed by atoms with Crippen LogP contribution in [0.2, 0.25) is 0 Å². The minimum absolute atomic E-state index is 0.687. The van der Waals surface area contributed by atoms with Gasteiger partial charge in [-0.05, 0) is 36.5 Å². The number of ether oxygens (including phenoxy) is 1. The largest absolute Gasteiger partial charge is 0.494 e. The molecule has 0 fully saturated rings. The third kappa shape index (κ3) is 4.70. The highest BCUT2D eigenvalue weighted by molar-refractivity contribution is 9.09.